The summed E-state index contributed by atoms with van der Waals surface area (Å²) >= 11 is 5.91. The van der Waals surface area contributed by atoms with E-state index in [0.29, 0.717) is 28.5 Å². The number of fused-ring (bicyclic) bond motifs is 1. The maximum Gasteiger partial charge on any atom is 0.155 e. The second kappa shape index (κ2) is 7.31. The molecule has 1 aliphatic carbocycles. The van der Waals surface area contributed by atoms with Crippen LogP contribution in [0.5, 0.6) is 0 Å². The van der Waals surface area contributed by atoms with E-state index in [1.54, 1.807) is 37.5 Å². The van der Waals surface area contributed by atoms with Gasteiger partial charge in [0.05, 0.1) is 23.6 Å². The highest BCUT2D eigenvalue weighted by atomic mass is 35.5. The standard InChI is InChI=1S/C19H22ClN5O3/c1-24(21)18-12-6-7-25(19(12)23-9-22-18)14-8-13(16(27)17(14)28)15(26)10-2-4-11(20)5-3-10/h2-7,9,13-17,26-28H,8,21H2,1H3/t13-,14-,15?,16-,17+/m1/s1. The molecule has 5 N–H and O–H groups in total. The molecule has 1 aromatic carbocycles. The summed E-state index contributed by atoms with van der Waals surface area (Å²) in [6.45, 7) is 0. The zero-order valence-electron chi connectivity index (χ0n) is 15.2. The van der Waals surface area contributed by atoms with Crippen molar-refractivity contribution < 1.29 is 15.3 Å². The van der Waals surface area contributed by atoms with Gasteiger partial charge < -0.3 is 19.9 Å². The molecule has 0 saturated heterocycles. The molecule has 1 fully saturated rings. The zero-order chi connectivity index (χ0) is 20.0. The summed E-state index contributed by atoms with van der Waals surface area (Å²) in [6.07, 6.45) is 0.546. The van der Waals surface area contributed by atoms with E-state index in [1.165, 1.54) is 11.3 Å². The van der Waals surface area contributed by atoms with E-state index in [1.807, 2.05) is 10.6 Å². The third kappa shape index (κ3) is 3.13. The number of hydrogen-bond acceptors (Lipinski definition) is 7. The van der Waals surface area contributed by atoms with E-state index < -0.39 is 30.3 Å². The van der Waals surface area contributed by atoms with Crippen molar-refractivity contribution in [2.24, 2.45) is 11.8 Å². The lowest BCUT2D eigenvalue weighted by Gasteiger charge is -2.22. The molecule has 2 aromatic heterocycles. The average Bonchev–Trinajstić information content (AvgIpc) is 3.23. The van der Waals surface area contributed by atoms with Gasteiger partial charge in [-0.2, -0.15) is 0 Å². The average molecular weight is 404 g/mol. The summed E-state index contributed by atoms with van der Waals surface area (Å²) in [5.74, 6) is 5.86. The summed E-state index contributed by atoms with van der Waals surface area (Å²) < 4.78 is 1.81. The number of nitrogens with two attached hydrogens (primary N) is 1. The Morgan fingerprint density at radius 3 is 2.57 bits per heavy atom. The topological polar surface area (TPSA) is 121 Å². The minimum Gasteiger partial charge on any atom is -0.390 e. The highest BCUT2D eigenvalue weighted by molar-refractivity contribution is 6.30. The Hall–Kier alpha value is -2.23. The van der Waals surface area contributed by atoms with Gasteiger partial charge in [0.2, 0.25) is 0 Å². The minimum absolute atomic E-state index is 0.383. The number of nitrogens with zero attached hydrogens (tertiary/aromatic N) is 4. The predicted octanol–water partition coefficient (Wildman–Crippen LogP) is 1.41. The fourth-order valence-corrected chi connectivity index (χ4v) is 4.17. The summed E-state index contributed by atoms with van der Waals surface area (Å²) in [5.41, 5.74) is 1.26. The molecule has 3 aromatic rings. The van der Waals surface area contributed by atoms with Crippen molar-refractivity contribution in [3.05, 3.63) is 53.4 Å². The lowest BCUT2D eigenvalue weighted by atomic mass is 9.92. The molecule has 2 heterocycles. The fraction of sp³-hybridized carbons (Fsp3) is 0.368. The lowest BCUT2D eigenvalue weighted by Crippen LogP contribution is -2.31. The van der Waals surface area contributed by atoms with Crippen LogP contribution in [0, 0.1) is 5.92 Å². The van der Waals surface area contributed by atoms with Gasteiger partial charge in [0.15, 0.2) is 5.82 Å². The van der Waals surface area contributed by atoms with E-state index in [0.717, 1.165) is 5.39 Å². The summed E-state index contributed by atoms with van der Waals surface area (Å²) in [7, 11) is 1.69. The number of rotatable bonds is 4. The van der Waals surface area contributed by atoms with Crippen LogP contribution in [0.1, 0.15) is 24.1 Å². The molecule has 0 bridgehead atoms. The lowest BCUT2D eigenvalue weighted by molar-refractivity contribution is -0.0264. The van der Waals surface area contributed by atoms with Gasteiger partial charge in [0, 0.05) is 24.2 Å². The number of benzene rings is 1. The zero-order valence-corrected chi connectivity index (χ0v) is 16.0. The van der Waals surface area contributed by atoms with Gasteiger partial charge in [-0.15, -0.1) is 0 Å². The van der Waals surface area contributed by atoms with Crippen LogP contribution >= 0.6 is 11.6 Å². The molecule has 0 spiro atoms. The molecule has 28 heavy (non-hydrogen) atoms. The number of anilines is 1. The van der Waals surface area contributed by atoms with Crippen LogP contribution in [0.25, 0.3) is 11.0 Å². The largest absolute Gasteiger partial charge is 0.390 e. The van der Waals surface area contributed by atoms with Crippen molar-refractivity contribution in [3.63, 3.8) is 0 Å². The Balaban J connectivity index is 1.66. The molecule has 0 amide bonds. The summed E-state index contributed by atoms with van der Waals surface area (Å²) in [5, 5.41) is 34.8. The second-order valence-electron chi connectivity index (χ2n) is 7.21. The van der Waals surface area contributed by atoms with E-state index in [4.69, 9.17) is 17.4 Å². The Morgan fingerprint density at radius 1 is 1.18 bits per heavy atom. The predicted molar refractivity (Wildman–Crippen MR) is 106 cm³/mol. The molecule has 4 rings (SSSR count). The second-order valence-corrected chi connectivity index (χ2v) is 7.65. The highest BCUT2D eigenvalue weighted by Crippen LogP contribution is 2.43. The van der Waals surface area contributed by atoms with Crippen LogP contribution in [0.3, 0.4) is 0 Å². The summed E-state index contributed by atoms with van der Waals surface area (Å²) in [4.78, 5) is 8.51. The van der Waals surface area contributed by atoms with Gasteiger partial charge in [-0.25, -0.2) is 15.8 Å². The van der Waals surface area contributed by atoms with Crippen LogP contribution in [0.2, 0.25) is 5.02 Å². The van der Waals surface area contributed by atoms with Crippen molar-refractivity contribution in [1.82, 2.24) is 14.5 Å². The van der Waals surface area contributed by atoms with Gasteiger partial charge in [-0.1, -0.05) is 23.7 Å². The van der Waals surface area contributed by atoms with E-state index >= 15 is 0 Å². The van der Waals surface area contributed by atoms with Crippen LogP contribution in [-0.2, 0) is 0 Å². The van der Waals surface area contributed by atoms with Gasteiger partial charge in [0.1, 0.15) is 18.1 Å². The van der Waals surface area contributed by atoms with Crippen molar-refractivity contribution >= 4 is 28.5 Å². The van der Waals surface area contributed by atoms with Crippen LogP contribution in [0.15, 0.2) is 42.9 Å². The molecule has 0 radical (unpaired) electrons. The number of halogens is 1. The first kappa shape index (κ1) is 19.1. The molecule has 8 nitrogen and oxygen atoms in total. The Bertz CT molecular complexity index is 977. The monoisotopic (exact) mass is 403 g/mol. The first-order valence-electron chi connectivity index (χ1n) is 8.98. The van der Waals surface area contributed by atoms with E-state index in [9.17, 15) is 15.3 Å². The molecule has 9 heteroatoms. The van der Waals surface area contributed by atoms with Crippen molar-refractivity contribution in [2.45, 2.75) is 30.8 Å². The van der Waals surface area contributed by atoms with Crippen molar-refractivity contribution in [3.8, 4) is 0 Å². The van der Waals surface area contributed by atoms with E-state index in [-0.39, 0.29) is 0 Å². The summed E-state index contributed by atoms with van der Waals surface area (Å²) in [6, 6.07) is 8.22. The van der Waals surface area contributed by atoms with Crippen LogP contribution < -0.4 is 10.9 Å². The van der Waals surface area contributed by atoms with Gasteiger partial charge >= 0.3 is 0 Å². The molecule has 148 valence electrons. The highest BCUT2D eigenvalue weighted by Gasteiger charge is 2.46. The molecule has 0 aliphatic heterocycles. The Labute approximate surface area is 166 Å². The first-order valence-corrected chi connectivity index (χ1v) is 9.36. The van der Waals surface area contributed by atoms with Crippen LogP contribution in [-0.4, -0.2) is 49.1 Å². The van der Waals surface area contributed by atoms with Gasteiger partial charge in [0.25, 0.3) is 0 Å². The smallest absolute Gasteiger partial charge is 0.155 e. The number of hydrogen-bond donors (Lipinski definition) is 4. The molecular weight excluding hydrogens is 382 g/mol. The SMILES string of the molecule is CN(N)c1ncnc2c1ccn2[C@@H]1C[C@H](C(O)c2ccc(Cl)cc2)[C@@H](O)[C@H]1O. The molecule has 1 saturated carbocycles. The maximum absolute atomic E-state index is 10.8. The van der Waals surface area contributed by atoms with Crippen molar-refractivity contribution in [2.75, 3.05) is 12.1 Å². The number of aliphatic hydroxyl groups excluding tert-OH is 3. The van der Waals surface area contributed by atoms with Gasteiger partial charge in [-0.3, -0.25) is 5.01 Å². The van der Waals surface area contributed by atoms with Crippen LogP contribution in [0.4, 0.5) is 5.82 Å². The number of hydrazine groups is 1. The molecular formula is C19H22ClN5O3. The minimum atomic E-state index is -1.08. The van der Waals surface area contributed by atoms with E-state index in [2.05, 4.69) is 9.97 Å². The molecule has 1 unspecified atom stereocenters. The number of aliphatic hydroxyl groups is 3. The third-order valence-corrected chi connectivity index (χ3v) is 5.75. The third-order valence-electron chi connectivity index (χ3n) is 5.49. The molecule has 5 atom stereocenters. The normalized spacial score (nSPS) is 25.9. The van der Waals surface area contributed by atoms with Crippen molar-refractivity contribution in [1.29, 1.82) is 0 Å². The first-order chi connectivity index (χ1) is 13.4. The Kier molecular flexibility index (Phi) is 4.98. The maximum atomic E-state index is 10.8. The quantitative estimate of drug-likeness (QED) is 0.384. The number of aromatic nitrogens is 3. The van der Waals surface area contributed by atoms with Gasteiger partial charge in [-0.05, 0) is 30.2 Å². The molecule has 1 aliphatic rings. The fourth-order valence-electron chi connectivity index (χ4n) is 4.05. The Morgan fingerprint density at radius 2 is 1.89 bits per heavy atom.